The molecule has 0 aliphatic carbocycles. The summed E-state index contributed by atoms with van der Waals surface area (Å²) in [6, 6.07) is 0. The van der Waals surface area contributed by atoms with Crippen LogP contribution in [0.5, 0.6) is 0 Å². The Labute approximate surface area is 75.3 Å². The Bertz CT molecular complexity index is 163. The molecule has 1 heterocycles. The summed E-state index contributed by atoms with van der Waals surface area (Å²) < 4.78 is 9.65. The molecule has 0 bridgehead atoms. The predicted molar refractivity (Wildman–Crippen MR) is 40.8 cm³/mol. The molecule has 0 saturated carbocycles. The van der Waals surface area contributed by atoms with Gasteiger partial charge in [0, 0.05) is 7.11 Å². The minimum absolute atomic E-state index is 0.537. The highest BCUT2D eigenvalue weighted by molar-refractivity contribution is 4.90. The smallest absolute Gasteiger partial charge is 0.186 e. The standard InChI is InChI=1S/C7H14O6/c1-12-7-5(11)4(10)6(13-7)3(9)2-8/h3-11H,2H2,1H3/t3?,4-,5+,6-,7+/m1/s1. The van der Waals surface area contributed by atoms with E-state index in [9.17, 15) is 10.2 Å². The van der Waals surface area contributed by atoms with Crippen LogP contribution in [-0.4, -0.2) is 64.8 Å². The SMILES string of the molecule is CO[C@H]1O[C@H](C(O)CO)[C@H](O)[C@@H]1O. The second kappa shape index (κ2) is 4.32. The van der Waals surface area contributed by atoms with Crippen molar-refractivity contribution in [3.63, 3.8) is 0 Å². The van der Waals surface area contributed by atoms with Crippen LogP contribution in [0.2, 0.25) is 0 Å². The van der Waals surface area contributed by atoms with Crippen molar-refractivity contribution in [1.82, 2.24) is 0 Å². The number of aliphatic hydroxyl groups excluding tert-OH is 4. The van der Waals surface area contributed by atoms with Crippen LogP contribution in [0.25, 0.3) is 0 Å². The first-order chi connectivity index (χ1) is 6.11. The summed E-state index contributed by atoms with van der Waals surface area (Å²) >= 11 is 0. The summed E-state index contributed by atoms with van der Waals surface area (Å²) in [7, 11) is 1.31. The normalized spacial score (nSPS) is 42.2. The van der Waals surface area contributed by atoms with Crippen molar-refractivity contribution < 1.29 is 29.9 Å². The molecule has 1 aliphatic rings. The van der Waals surface area contributed by atoms with Crippen LogP contribution < -0.4 is 0 Å². The number of aliphatic hydroxyl groups is 4. The molecular weight excluding hydrogens is 180 g/mol. The lowest BCUT2D eigenvalue weighted by atomic mass is 10.1. The molecule has 1 saturated heterocycles. The van der Waals surface area contributed by atoms with Crippen molar-refractivity contribution in [1.29, 1.82) is 0 Å². The molecule has 13 heavy (non-hydrogen) atoms. The molecule has 0 aromatic rings. The predicted octanol–water partition coefficient (Wildman–Crippen LogP) is -2.57. The van der Waals surface area contributed by atoms with Crippen LogP contribution in [0.4, 0.5) is 0 Å². The minimum Gasteiger partial charge on any atom is -0.394 e. The van der Waals surface area contributed by atoms with Gasteiger partial charge < -0.3 is 29.9 Å². The Morgan fingerprint density at radius 3 is 2.38 bits per heavy atom. The van der Waals surface area contributed by atoms with E-state index in [0.717, 1.165) is 0 Å². The van der Waals surface area contributed by atoms with Gasteiger partial charge in [-0.15, -0.1) is 0 Å². The van der Waals surface area contributed by atoms with E-state index >= 15 is 0 Å². The van der Waals surface area contributed by atoms with Gasteiger partial charge in [-0.25, -0.2) is 0 Å². The third kappa shape index (κ3) is 1.98. The lowest BCUT2D eigenvalue weighted by Gasteiger charge is -2.18. The van der Waals surface area contributed by atoms with Crippen LogP contribution >= 0.6 is 0 Å². The van der Waals surface area contributed by atoms with Crippen LogP contribution in [0, 0.1) is 0 Å². The highest BCUT2D eigenvalue weighted by atomic mass is 16.7. The molecule has 1 unspecified atom stereocenters. The summed E-state index contributed by atoms with van der Waals surface area (Å²) in [4.78, 5) is 0. The van der Waals surface area contributed by atoms with Gasteiger partial charge in [0.1, 0.15) is 24.4 Å². The van der Waals surface area contributed by atoms with E-state index < -0.39 is 37.3 Å². The van der Waals surface area contributed by atoms with Crippen molar-refractivity contribution in [2.75, 3.05) is 13.7 Å². The first-order valence-electron chi connectivity index (χ1n) is 3.95. The van der Waals surface area contributed by atoms with Gasteiger partial charge >= 0.3 is 0 Å². The zero-order chi connectivity index (χ0) is 10.0. The lowest BCUT2D eigenvalue weighted by molar-refractivity contribution is -0.166. The van der Waals surface area contributed by atoms with Gasteiger partial charge in [-0.05, 0) is 0 Å². The number of methoxy groups -OCH3 is 1. The molecule has 6 nitrogen and oxygen atoms in total. The van der Waals surface area contributed by atoms with Crippen LogP contribution in [0.1, 0.15) is 0 Å². The molecule has 4 N–H and O–H groups in total. The molecular formula is C7H14O6. The van der Waals surface area contributed by atoms with Crippen LogP contribution in [0.3, 0.4) is 0 Å². The first-order valence-corrected chi connectivity index (χ1v) is 3.95. The summed E-state index contributed by atoms with van der Waals surface area (Å²) in [5, 5.41) is 36.4. The van der Waals surface area contributed by atoms with Crippen molar-refractivity contribution in [3.05, 3.63) is 0 Å². The molecule has 0 amide bonds. The van der Waals surface area contributed by atoms with Crippen molar-refractivity contribution in [2.45, 2.75) is 30.7 Å². The van der Waals surface area contributed by atoms with Gasteiger partial charge in [0.05, 0.1) is 6.61 Å². The number of rotatable bonds is 3. The van der Waals surface area contributed by atoms with Crippen molar-refractivity contribution in [2.24, 2.45) is 0 Å². The molecule has 5 atom stereocenters. The van der Waals surface area contributed by atoms with E-state index in [2.05, 4.69) is 0 Å². The second-order valence-corrected chi connectivity index (χ2v) is 2.94. The monoisotopic (exact) mass is 194 g/mol. The van der Waals surface area contributed by atoms with Gasteiger partial charge in [0.15, 0.2) is 6.29 Å². The van der Waals surface area contributed by atoms with E-state index in [1.807, 2.05) is 0 Å². The zero-order valence-electron chi connectivity index (χ0n) is 7.20. The molecule has 1 fully saturated rings. The molecule has 0 aromatic heterocycles. The van der Waals surface area contributed by atoms with Gasteiger partial charge in [-0.3, -0.25) is 0 Å². The lowest BCUT2D eigenvalue weighted by Crippen LogP contribution is -2.40. The average Bonchev–Trinajstić information content (AvgIpc) is 2.43. The van der Waals surface area contributed by atoms with Gasteiger partial charge in [0.2, 0.25) is 0 Å². The third-order valence-corrected chi connectivity index (χ3v) is 2.06. The molecule has 0 radical (unpaired) electrons. The second-order valence-electron chi connectivity index (χ2n) is 2.94. The molecule has 0 spiro atoms. The number of ether oxygens (including phenoxy) is 2. The van der Waals surface area contributed by atoms with Crippen LogP contribution in [0.15, 0.2) is 0 Å². The van der Waals surface area contributed by atoms with Gasteiger partial charge in [-0.2, -0.15) is 0 Å². The Balaban J connectivity index is 2.60. The molecule has 78 valence electrons. The number of hydrogen-bond acceptors (Lipinski definition) is 6. The Morgan fingerprint density at radius 2 is 2.00 bits per heavy atom. The highest BCUT2D eigenvalue weighted by Gasteiger charge is 2.45. The Morgan fingerprint density at radius 1 is 1.38 bits per heavy atom. The molecule has 6 heteroatoms. The van der Waals surface area contributed by atoms with E-state index in [0.29, 0.717) is 0 Å². The maximum Gasteiger partial charge on any atom is 0.186 e. The minimum atomic E-state index is -1.24. The summed E-state index contributed by atoms with van der Waals surface area (Å²) in [6.45, 7) is -0.537. The quantitative estimate of drug-likeness (QED) is 0.394. The van der Waals surface area contributed by atoms with Crippen molar-refractivity contribution in [3.8, 4) is 0 Å². The fourth-order valence-electron chi connectivity index (χ4n) is 1.29. The van der Waals surface area contributed by atoms with Gasteiger partial charge in [-0.1, -0.05) is 0 Å². The Kier molecular flexibility index (Phi) is 3.60. The van der Waals surface area contributed by atoms with Crippen molar-refractivity contribution >= 4 is 0 Å². The number of hydrogen-bond donors (Lipinski definition) is 4. The summed E-state index contributed by atoms with van der Waals surface area (Å²) in [5.74, 6) is 0. The zero-order valence-corrected chi connectivity index (χ0v) is 7.20. The fourth-order valence-corrected chi connectivity index (χ4v) is 1.29. The maximum atomic E-state index is 9.33. The largest absolute Gasteiger partial charge is 0.394 e. The summed E-state index contributed by atoms with van der Waals surface area (Å²) in [6.07, 6.45) is -5.63. The van der Waals surface area contributed by atoms with Crippen LogP contribution in [-0.2, 0) is 9.47 Å². The topological polar surface area (TPSA) is 99.4 Å². The van der Waals surface area contributed by atoms with E-state index in [-0.39, 0.29) is 0 Å². The third-order valence-electron chi connectivity index (χ3n) is 2.06. The van der Waals surface area contributed by atoms with Gasteiger partial charge in [0.25, 0.3) is 0 Å². The average molecular weight is 194 g/mol. The highest BCUT2D eigenvalue weighted by Crippen LogP contribution is 2.23. The maximum absolute atomic E-state index is 9.33. The van der Waals surface area contributed by atoms with E-state index in [1.165, 1.54) is 7.11 Å². The molecule has 0 aromatic carbocycles. The summed E-state index contributed by atoms with van der Waals surface area (Å²) in [5.41, 5.74) is 0. The molecule has 1 rings (SSSR count). The molecule has 1 aliphatic heterocycles. The fraction of sp³-hybridized carbons (Fsp3) is 1.00. The van der Waals surface area contributed by atoms with E-state index in [4.69, 9.17) is 19.7 Å². The van der Waals surface area contributed by atoms with E-state index in [1.54, 1.807) is 0 Å². The first kappa shape index (κ1) is 10.8. The Hall–Kier alpha value is -0.240.